The van der Waals surface area contributed by atoms with Crippen LogP contribution < -0.4 is 5.43 Å². The average Bonchev–Trinajstić information content (AvgIpc) is 2.58. The lowest BCUT2D eigenvalue weighted by Gasteiger charge is -2.17. The van der Waals surface area contributed by atoms with Crippen LogP contribution in [0, 0.1) is 0 Å². The molecule has 0 aliphatic heterocycles. The molecule has 1 radical (unpaired) electrons. The molecule has 0 spiro atoms. The third-order valence-electron chi connectivity index (χ3n) is 2.61. The molecule has 1 rings (SSSR count). The van der Waals surface area contributed by atoms with E-state index in [0.29, 0.717) is 0 Å². The number of amides is 2. The summed E-state index contributed by atoms with van der Waals surface area (Å²) >= 11 is 0. The van der Waals surface area contributed by atoms with E-state index in [2.05, 4.69) is 10.2 Å². The predicted molar refractivity (Wildman–Crippen MR) is 86.8 cm³/mol. The molecule has 0 aliphatic carbocycles. The first-order valence-electron chi connectivity index (χ1n) is 7.12. The van der Waals surface area contributed by atoms with Gasteiger partial charge in [-0.3, -0.25) is 19.8 Å². The highest BCUT2D eigenvalue weighted by atomic mass is 16.5. The van der Waals surface area contributed by atoms with E-state index in [-0.39, 0.29) is 6.61 Å². The van der Waals surface area contributed by atoms with Crippen LogP contribution in [0.3, 0.4) is 0 Å². The van der Waals surface area contributed by atoms with Gasteiger partial charge in [0.15, 0.2) is 0 Å². The molecule has 0 unspecified atom stereocenters. The predicted octanol–water partition coefficient (Wildman–Crippen LogP) is 0.789. The summed E-state index contributed by atoms with van der Waals surface area (Å²) in [5, 5.41) is 0.782. The van der Waals surface area contributed by atoms with Crippen LogP contribution in [0.5, 0.6) is 0 Å². The van der Waals surface area contributed by atoms with Gasteiger partial charge in [0.05, 0.1) is 6.61 Å². The lowest BCUT2D eigenvalue weighted by molar-refractivity contribution is -0.137. The SMILES string of the molecule is CCOC(=O)C=CC(=O)NN(C[C]=O)C(=O)C=Cc1ccccc1. The lowest BCUT2D eigenvalue weighted by atomic mass is 10.2. The van der Waals surface area contributed by atoms with Gasteiger partial charge in [-0.05, 0) is 18.6 Å². The molecule has 1 aromatic carbocycles. The standard InChI is InChI=1S/C17H17N2O5/c1-2-24-17(23)11-9-15(21)18-19(12-13-20)16(22)10-8-14-6-4-3-5-7-14/h3-11H,2,12H2,1H3,(H,18,21). The Hall–Kier alpha value is -3.22. The van der Waals surface area contributed by atoms with Crippen LogP contribution >= 0.6 is 0 Å². The van der Waals surface area contributed by atoms with Crippen molar-refractivity contribution < 1.29 is 23.9 Å². The Morgan fingerprint density at radius 3 is 2.50 bits per heavy atom. The molecule has 0 saturated heterocycles. The number of rotatable bonds is 7. The third kappa shape index (κ3) is 7.17. The van der Waals surface area contributed by atoms with Crippen molar-refractivity contribution >= 4 is 30.1 Å². The maximum atomic E-state index is 12.0. The number of hydrogen-bond donors (Lipinski definition) is 1. The monoisotopic (exact) mass is 329 g/mol. The van der Waals surface area contributed by atoms with Gasteiger partial charge in [-0.15, -0.1) is 0 Å². The number of nitrogens with one attached hydrogen (secondary N) is 1. The Kier molecular flexibility index (Phi) is 8.23. The van der Waals surface area contributed by atoms with Gasteiger partial charge in [0.2, 0.25) is 6.29 Å². The molecule has 7 nitrogen and oxygen atoms in total. The van der Waals surface area contributed by atoms with Crippen LogP contribution in [-0.2, 0) is 23.9 Å². The molecule has 0 bridgehead atoms. The van der Waals surface area contributed by atoms with Gasteiger partial charge in [-0.25, -0.2) is 9.80 Å². The van der Waals surface area contributed by atoms with Crippen LogP contribution in [-0.4, -0.2) is 42.2 Å². The fourth-order valence-corrected chi connectivity index (χ4v) is 1.56. The summed E-state index contributed by atoms with van der Waals surface area (Å²) in [4.78, 5) is 45.3. The summed E-state index contributed by atoms with van der Waals surface area (Å²) in [6.07, 6.45) is 6.11. The number of carbonyl (C=O) groups is 3. The number of ether oxygens (including phenoxy) is 1. The van der Waals surface area contributed by atoms with E-state index >= 15 is 0 Å². The lowest BCUT2D eigenvalue weighted by Crippen LogP contribution is -2.45. The smallest absolute Gasteiger partial charge is 0.330 e. The Bertz CT molecular complexity index is 638. The number of hydrazine groups is 1. The van der Waals surface area contributed by atoms with Gasteiger partial charge < -0.3 is 4.74 Å². The van der Waals surface area contributed by atoms with E-state index < -0.39 is 24.3 Å². The van der Waals surface area contributed by atoms with Gasteiger partial charge in [-0.1, -0.05) is 30.3 Å². The van der Waals surface area contributed by atoms with Crippen molar-refractivity contribution in [1.29, 1.82) is 0 Å². The minimum Gasteiger partial charge on any atom is -0.463 e. The van der Waals surface area contributed by atoms with Crippen molar-refractivity contribution in [3.05, 3.63) is 54.1 Å². The fourth-order valence-electron chi connectivity index (χ4n) is 1.56. The highest BCUT2D eigenvalue weighted by Crippen LogP contribution is 2.01. The van der Waals surface area contributed by atoms with E-state index in [9.17, 15) is 19.2 Å². The van der Waals surface area contributed by atoms with Crippen molar-refractivity contribution in [3.63, 3.8) is 0 Å². The number of carbonyl (C=O) groups excluding carboxylic acids is 4. The molecule has 0 saturated carbocycles. The molecule has 24 heavy (non-hydrogen) atoms. The Balaban J connectivity index is 2.66. The van der Waals surface area contributed by atoms with Crippen LogP contribution in [0.1, 0.15) is 12.5 Å². The third-order valence-corrected chi connectivity index (χ3v) is 2.61. The molecule has 2 amide bonds. The molecule has 0 aliphatic rings. The summed E-state index contributed by atoms with van der Waals surface area (Å²) in [6, 6.07) is 9.04. The minimum absolute atomic E-state index is 0.180. The van der Waals surface area contributed by atoms with Crippen LogP contribution in [0.25, 0.3) is 6.08 Å². The second kappa shape index (κ2) is 10.5. The van der Waals surface area contributed by atoms with Crippen molar-refractivity contribution in [3.8, 4) is 0 Å². The van der Waals surface area contributed by atoms with Crippen LogP contribution in [0.2, 0.25) is 0 Å². The first-order valence-corrected chi connectivity index (χ1v) is 7.12. The highest BCUT2D eigenvalue weighted by Gasteiger charge is 2.12. The first-order chi connectivity index (χ1) is 11.6. The number of esters is 1. The summed E-state index contributed by atoms with van der Waals surface area (Å²) in [5.74, 6) is -2.05. The van der Waals surface area contributed by atoms with Crippen molar-refractivity contribution in [2.75, 3.05) is 13.2 Å². The quantitative estimate of drug-likeness (QED) is 0.453. The van der Waals surface area contributed by atoms with Gasteiger partial charge in [0.25, 0.3) is 11.8 Å². The normalized spacial score (nSPS) is 10.5. The van der Waals surface area contributed by atoms with Crippen molar-refractivity contribution in [1.82, 2.24) is 10.4 Å². The second-order valence-electron chi connectivity index (χ2n) is 4.37. The van der Waals surface area contributed by atoms with Gasteiger partial charge in [0.1, 0.15) is 6.54 Å². The highest BCUT2D eigenvalue weighted by molar-refractivity contribution is 5.98. The minimum atomic E-state index is -0.750. The van der Waals surface area contributed by atoms with Crippen molar-refractivity contribution in [2.45, 2.75) is 6.92 Å². The zero-order valence-electron chi connectivity index (χ0n) is 13.1. The maximum Gasteiger partial charge on any atom is 0.330 e. The molecule has 1 aromatic rings. The van der Waals surface area contributed by atoms with E-state index in [0.717, 1.165) is 22.7 Å². The molecule has 1 N–H and O–H groups in total. The van der Waals surface area contributed by atoms with Gasteiger partial charge >= 0.3 is 5.97 Å². The summed E-state index contributed by atoms with van der Waals surface area (Å²) in [5.41, 5.74) is 2.97. The molecule has 0 aromatic heterocycles. The largest absolute Gasteiger partial charge is 0.463 e. The Morgan fingerprint density at radius 1 is 1.17 bits per heavy atom. The van der Waals surface area contributed by atoms with Crippen LogP contribution in [0.4, 0.5) is 0 Å². The van der Waals surface area contributed by atoms with E-state index in [1.54, 1.807) is 25.1 Å². The molecule has 0 atom stereocenters. The number of benzene rings is 1. The summed E-state index contributed by atoms with van der Waals surface area (Å²) < 4.78 is 4.62. The van der Waals surface area contributed by atoms with E-state index in [4.69, 9.17) is 0 Å². The molecule has 0 fully saturated rings. The molecule has 0 heterocycles. The molecular weight excluding hydrogens is 312 g/mol. The van der Waals surface area contributed by atoms with E-state index in [1.807, 2.05) is 18.2 Å². The van der Waals surface area contributed by atoms with Crippen molar-refractivity contribution in [2.24, 2.45) is 0 Å². The molecular formula is C17H17N2O5. The van der Waals surface area contributed by atoms with Gasteiger partial charge in [0, 0.05) is 18.2 Å². The topological polar surface area (TPSA) is 92.8 Å². The fraction of sp³-hybridized carbons (Fsp3) is 0.176. The number of hydrogen-bond acceptors (Lipinski definition) is 5. The average molecular weight is 329 g/mol. The summed E-state index contributed by atoms with van der Waals surface area (Å²) in [6.45, 7) is 1.36. The Labute approximate surface area is 139 Å². The second-order valence-corrected chi connectivity index (χ2v) is 4.37. The van der Waals surface area contributed by atoms with E-state index in [1.165, 1.54) is 12.4 Å². The maximum absolute atomic E-state index is 12.0. The Morgan fingerprint density at radius 2 is 1.88 bits per heavy atom. The molecule has 125 valence electrons. The first kappa shape index (κ1) is 18.8. The summed E-state index contributed by atoms with van der Waals surface area (Å²) in [7, 11) is 0. The van der Waals surface area contributed by atoms with Crippen LogP contribution in [0.15, 0.2) is 48.6 Å². The molecule has 7 heteroatoms. The van der Waals surface area contributed by atoms with Gasteiger partial charge in [-0.2, -0.15) is 0 Å². The number of nitrogens with zero attached hydrogens (tertiary/aromatic N) is 1. The zero-order chi connectivity index (χ0) is 17.8. The zero-order valence-corrected chi connectivity index (χ0v) is 13.1.